The third-order valence-electron chi connectivity index (χ3n) is 1.62. The molecule has 1 rings (SSSR count). The molecule has 0 heterocycles. The van der Waals surface area contributed by atoms with Crippen molar-refractivity contribution in [3.05, 3.63) is 29.1 Å². The van der Waals surface area contributed by atoms with E-state index in [1.807, 2.05) is 0 Å². The second-order valence-corrected chi connectivity index (χ2v) is 3.08. The van der Waals surface area contributed by atoms with Crippen LogP contribution in [0.4, 0.5) is 4.39 Å². The summed E-state index contributed by atoms with van der Waals surface area (Å²) in [6, 6.07) is 3.51. The molecule has 1 N–H and O–H groups in total. The maximum Gasteiger partial charge on any atom is 0.173 e. The van der Waals surface area contributed by atoms with Crippen molar-refractivity contribution in [1.29, 1.82) is 5.26 Å². The van der Waals surface area contributed by atoms with Crippen LogP contribution in [-0.2, 0) is 0 Å². The quantitative estimate of drug-likeness (QED) is 0.651. The summed E-state index contributed by atoms with van der Waals surface area (Å²) in [7, 11) is 0. The van der Waals surface area contributed by atoms with Gasteiger partial charge in [0.15, 0.2) is 5.78 Å². The van der Waals surface area contributed by atoms with Crippen molar-refractivity contribution in [3.8, 4) is 11.8 Å². The Labute approximate surface area is 87.9 Å². The van der Waals surface area contributed by atoms with Gasteiger partial charge in [-0.1, -0.05) is 15.9 Å². The van der Waals surface area contributed by atoms with E-state index < -0.39 is 17.1 Å². The highest BCUT2D eigenvalue weighted by atomic mass is 79.9. The molecule has 0 aliphatic rings. The Morgan fingerprint density at radius 3 is 2.71 bits per heavy atom. The third-order valence-corrected chi connectivity index (χ3v) is 2.13. The van der Waals surface area contributed by atoms with E-state index in [1.54, 1.807) is 0 Å². The minimum Gasteiger partial charge on any atom is -0.506 e. The zero-order valence-corrected chi connectivity index (χ0v) is 8.51. The van der Waals surface area contributed by atoms with Crippen LogP contribution >= 0.6 is 15.9 Å². The van der Waals surface area contributed by atoms with Gasteiger partial charge in [-0.25, -0.2) is 4.39 Å². The van der Waals surface area contributed by atoms with Gasteiger partial charge in [0.1, 0.15) is 23.2 Å². The Morgan fingerprint density at radius 1 is 1.64 bits per heavy atom. The summed E-state index contributed by atoms with van der Waals surface area (Å²) < 4.78 is 13.1. The van der Waals surface area contributed by atoms with E-state index in [0.29, 0.717) is 0 Å². The lowest BCUT2D eigenvalue weighted by molar-refractivity contribution is 0.102. The molecule has 0 atom stereocenters. The molecule has 14 heavy (non-hydrogen) atoms. The average molecular weight is 258 g/mol. The van der Waals surface area contributed by atoms with Gasteiger partial charge in [0.05, 0.1) is 5.33 Å². The zero-order chi connectivity index (χ0) is 10.7. The maximum absolute atomic E-state index is 13.1. The summed E-state index contributed by atoms with van der Waals surface area (Å²) >= 11 is 2.92. The lowest BCUT2D eigenvalue weighted by Crippen LogP contribution is -2.01. The molecular formula is C9H5BrFNO2. The molecule has 3 nitrogen and oxygen atoms in total. The van der Waals surface area contributed by atoms with E-state index in [1.165, 1.54) is 6.07 Å². The summed E-state index contributed by atoms with van der Waals surface area (Å²) in [5.74, 6) is -1.77. The zero-order valence-electron chi connectivity index (χ0n) is 6.92. The normalized spacial score (nSPS) is 9.50. The van der Waals surface area contributed by atoms with Crippen LogP contribution < -0.4 is 0 Å². The van der Waals surface area contributed by atoms with Crippen LogP contribution in [0.5, 0.6) is 5.75 Å². The minimum atomic E-state index is -0.892. The molecule has 0 radical (unpaired) electrons. The Hall–Kier alpha value is -1.41. The lowest BCUT2D eigenvalue weighted by Gasteiger charge is -2.01. The molecule has 5 heteroatoms. The SMILES string of the molecule is N#Cc1c(O)cc(C(=O)CBr)cc1F. The van der Waals surface area contributed by atoms with Gasteiger partial charge < -0.3 is 5.11 Å². The number of aromatic hydroxyl groups is 1. The van der Waals surface area contributed by atoms with Crippen LogP contribution in [0, 0.1) is 17.1 Å². The second kappa shape index (κ2) is 4.20. The van der Waals surface area contributed by atoms with Crippen LogP contribution in [0.2, 0.25) is 0 Å². The Bertz CT molecular complexity index is 402. The predicted molar refractivity (Wildman–Crippen MR) is 50.9 cm³/mol. The molecule has 1 aromatic rings. The molecule has 0 unspecified atom stereocenters. The van der Waals surface area contributed by atoms with Crippen molar-refractivity contribution in [1.82, 2.24) is 0 Å². The van der Waals surface area contributed by atoms with E-state index in [2.05, 4.69) is 15.9 Å². The number of benzene rings is 1. The number of phenols is 1. The molecule has 1 aromatic carbocycles. The highest BCUT2D eigenvalue weighted by molar-refractivity contribution is 9.09. The first-order valence-electron chi connectivity index (χ1n) is 3.62. The Kier molecular flexibility index (Phi) is 3.20. The van der Waals surface area contributed by atoms with E-state index >= 15 is 0 Å². The number of nitrogens with zero attached hydrogens (tertiary/aromatic N) is 1. The monoisotopic (exact) mass is 257 g/mol. The first kappa shape index (κ1) is 10.7. The first-order chi connectivity index (χ1) is 6.60. The third kappa shape index (κ3) is 1.91. The number of rotatable bonds is 2. The predicted octanol–water partition coefficient (Wildman–Crippen LogP) is 1.98. The molecule has 0 fully saturated rings. The van der Waals surface area contributed by atoms with Gasteiger partial charge in [0, 0.05) is 5.56 Å². The number of alkyl halides is 1. The molecule has 0 aliphatic heterocycles. The van der Waals surface area contributed by atoms with Crippen LogP contribution in [0.15, 0.2) is 12.1 Å². The molecule has 0 bridgehead atoms. The molecule has 0 aliphatic carbocycles. The van der Waals surface area contributed by atoms with Crippen LogP contribution in [0.3, 0.4) is 0 Å². The number of Topliss-reactive ketones (excluding diaryl/α,β-unsaturated/α-hetero) is 1. The van der Waals surface area contributed by atoms with Gasteiger partial charge in [0.25, 0.3) is 0 Å². The fourth-order valence-electron chi connectivity index (χ4n) is 0.941. The minimum absolute atomic E-state index is 0.0378. The highest BCUT2D eigenvalue weighted by Gasteiger charge is 2.13. The number of nitriles is 1. The number of carbonyl (C=O) groups excluding carboxylic acids is 1. The number of carbonyl (C=O) groups is 1. The second-order valence-electron chi connectivity index (χ2n) is 2.52. The van der Waals surface area contributed by atoms with Crippen molar-refractivity contribution in [2.24, 2.45) is 0 Å². The summed E-state index contributed by atoms with van der Waals surface area (Å²) in [5, 5.41) is 17.7. The van der Waals surface area contributed by atoms with E-state index in [0.717, 1.165) is 12.1 Å². The van der Waals surface area contributed by atoms with Crippen molar-refractivity contribution < 1.29 is 14.3 Å². The fourth-order valence-corrected chi connectivity index (χ4v) is 1.26. The average Bonchev–Trinajstić information content (AvgIpc) is 2.16. The molecule has 0 amide bonds. The molecule has 0 spiro atoms. The summed E-state index contributed by atoms with van der Waals surface area (Å²) in [4.78, 5) is 11.1. The van der Waals surface area contributed by atoms with Crippen molar-refractivity contribution in [2.75, 3.05) is 5.33 Å². The summed E-state index contributed by atoms with van der Waals surface area (Å²) in [6.07, 6.45) is 0. The van der Waals surface area contributed by atoms with E-state index in [-0.39, 0.29) is 16.7 Å². The van der Waals surface area contributed by atoms with Crippen molar-refractivity contribution in [3.63, 3.8) is 0 Å². The van der Waals surface area contributed by atoms with Gasteiger partial charge in [-0.15, -0.1) is 0 Å². The highest BCUT2D eigenvalue weighted by Crippen LogP contribution is 2.22. The summed E-state index contributed by atoms with van der Waals surface area (Å²) in [6.45, 7) is 0. The summed E-state index contributed by atoms with van der Waals surface area (Å²) in [5.41, 5.74) is -0.410. The molecule has 0 saturated carbocycles. The van der Waals surface area contributed by atoms with Crippen LogP contribution in [0.1, 0.15) is 15.9 Å². The Morgan fingerprint density at radius 2 is 2.29 bits per heavy atom. The standard InChI is InChI=1S/C9H5BrFNO2/c10-3-9(14)5-1-7(11)6(4-12)8(13)2-5/h1-2,13H,3H2. The van der Waals surface area contributed by atoms with E-state index in [9.17, 15) is 14.3 Å². The largest absolute Gasteiger partial charge is 0.506 e. The van der Waals surface area contributed by atoms with Crippen molar-refractivity contribution in [2.45, 2.75) is 0 Å². The molecule has 0 saturated heterocycles. The topological polar surface area (TPSA) is 61.1 Å². The number of ketones is 1. The van der Waals surface area contributed by atoms with Crippen LogP contribution in [0.25, 0.3) is 0 Å². The van der Waals surface area contributed by atoms with Gasteiger partial charge in [0.2, 0.25) is 0 Å². The molecule has 72 valence electrons. The van der Waals surface area contributed by atoms with Gasteiger partial charge >= 0.3 is 0 Å². The number of halogens is 2. The lowest BCUT2D eigenvalue weighted by atomic mass is 10.1. The number of phenolic OH excluding ortho intramolecular Hbond substituents is 1. The van der Waals surface area contributed by atoms with E-state index in [4.69, 9.17) is 5.26 Å². The smallest absolute Gasteiger partial charge is 0.173 e. The fraction of sp³-hybridized carbons (Fsp3) is 0.111. The van der Waals surface area contributed by atoms with Gasteiger partial charge in [-0.2, -0.15) is 5.26 Å². The maximum atomic E-state index is 13.1. The Balaban J connectivity index is 3.29. The van der Waals surface area contributed by atoms with Gasteiger partial charge in [-0.3, -0.25) is 4.79 Å². The number of hydrogen-bond donors (Lipinski definition) is 1. The van der Waals surface area contributed by atoms with Crippen LogP contribution in [-0.4, -0.2) is 16.2 Å². The molecule has 0 aromatic heterocycles. The molecular weight excluding hydrogens is 253 g/mol. The number of hydrogen-bond acceptors (Lipinski definition) is 3. The van der Waals surface area contributed by atoms with Gasteiger partial charge in [-0.05, 0) is 12.1 Å². The van der Waals surface area contributed by atoms with Crippen molar-refractivity contribution >= 4 is 21.7 Å². The first-order valence-corrected chi connectivity index (χ1v) is 4.74.